The summed E-state index contributed by atoms with van der Waals surface area (Å²) in [5.41, 5.74) is 1.71. The maximum Gasteiger partial charge on any atom is 0.229 e. The second kappa shape index (κ2) is 7.70. The standard InChI is InChI=1S/C19H19BrN2O3/c1-25-17-7-3-6-16(10-17)21-19(24)14-9-18(23)22(12-14)11-13-4-2-5-15(20)8-13/h2-8,10,14H,9,11-12H2,1H3,(H,21,24). The summed E-state index contributed by atoms with van der Waals surface area (Å²) in [6.45, 7) is 0.947. The minimum absolute atomic E-state index is 0.00534. The highest BCUT2D eigenvalue weighted by molar-refractivity contribution is 9.10. The van der Waals surface area contributed by atoms with Gasteiger partial charge in [0, 0.05) is 35.7 Å². The predicted molar refractivity (Wildman–Crippen MR) is 99.3 cm³/mol. The molecule has 0 aromatic heterocycles. The first kappa shape index (κ1) is 17.5. The van der Waals surface area contributed by atoms with Gasteiger partial charge in [-0.25, -0.2) is 0 Å². The van der Waals surface area contributed by atoms with Gasteiger partial charge in [-0.05, 0) is 29.8 Å². The van der Waals surface area contributed by atoms with Crippen molar-refractivity contribution in [2.45, 2.75) is 13.0 Å². The number of methoxy groups -OCH3 is 1. The van der Waals surface area contributed by atoms with Crippen LogP contribution < -0.4 is 10.1 Å². The first-order valence-electron chi connectivity index (χ1n) is 8.02. The lowest BCUT2D eigenvalue weighted by Crippen LogP contribution is -2.28. The molecule has 3 rings (SSSR count). The quantitative estimate of drug-likeness (QED) is 0.832. The van der Waals surface area contributed by atoms with Crippen molar-refractivity contribution in [3.8, 4) is 5.75 Å². The van der Waals surface area contributed by atoms with E-state index in [1.807, 2.05) is 36.4 Å². The van der Waals surface area contributed by atoms with Crippen molar-refractivity contribution in [1.29, 1.82) is 0 Å². The molecule has 0 aliphatic carbocycles. The van der Waals surface area contributed by atoms with Crippen LogP contribution in [0.5, 0.6) is 5.75 Å². The summed E-state index contributed by atoms with van der Waals surface area (Å²) >= 11 is 3.43. The summed E-state index contributed by atoms with van der Waals surface area (Å²) < 4.78 is 6.13. The van der Waals surface area contributed by atoms with Crippen molar-refractivity contribution < 1.29 is 14.3 Å². The first-order valence-corrected chi connectivity index (χ1v) is 8.81. The second-order valence-electron chi connectivity index (χ2n) is 6.03. The van der Waals surface area contributed by atoms with Crippen molar-refractivity contribution in [3.05, 3.63) is 58.6 Å². The maximum atomic E-state index is 12.5. The molecule has 5 nitrogen and oxygen atoms in total. The highest BCUT2D eigenvalue weighted by Gasteiger charge is 2.34. The topological polar surface area (TPSA) is 58.6 Å². The molecule has 2 aromatic carbocycles. The zero-order valence-electron chi connectivity index (χ0n) is 13.9. The van der Waals surface area contributed by atoms with Crippen molar-refractivity contribution in [2.24, 2.45) is 5.92 Å². The zero-order valence-corrected chi connectivity index (χ0v) is 15.5. The summed E-state index contributed by atoms with van der Waals surface area (Å²) in [6, 6.07) is 15.0. The van der Waals surface area contributed by atoms with Crippen LogP contribution >= 0.6 is 15.9 Å². The molecule has 0 bridgehead atoms. The molecule has 1 aliphatic heterocycles. The predicted octanol–water partition coefficient (Wildman–Crippen LogP) is 3.44. The van der Waals surface area contributed by atoms with E-state index in [4.69, 9.17) is 4.74 Å². The molecule has 1 aliphatic rings. The van der Waals surface area contributed by atoms with Gasteiger partial charge in [0.15, 0.2) is 0 Å². The van der Waals surface area contributed by atoms with Crippen LogP contribution in [-0.4, -0.2) is 30.4 Å². The second-order valence-corrected chi connectivity index (χ2v) is 6.94. The van der Waals surface area contributed by atoms with E-state index in [-0.39, 0.29) is 24.2 Å². The van der Waals surface area contributed by atoms with Crippen molar-refractivity contribution >= 4 is 33.4 Å². The van der Waals surface area contributed by atoms with E-state index in [0.717, 1.165) is 10.0 Å². The monoisotopic (exact) mass is 402 g/mol. The average Bonchev–Trinajstić information content (AvgIpc) is 2.96. The molecule has 6 heteroatoms. The van der Waals surface area contributed by atoms with E-state index >= 15 is 0 Å². The molecule has 0 radical (unpaired) electrons. The van der Waals surface area contributed by atoms with Gasteiger partial charge >= 0.3 is 0 Å². The fourth-order valence-corrected chi connectivity index (χ4v) is 3.35. The highest BCUT2D eigenvalue weighted by atomic mass is 79.9. The summed E-state index contributed by atoms with van der Waals surface area (Å²) in [5, 5.41) is 2.87. The summed E-state index contributed by atoms with van der Waals surface area (Å²) in [4.78, 5) is 26.5. The Balaban J connectivity index is 1.62. The van der Waals surface area contributed by atoms with Gasteiger partial charge in [0.1, 0.15) is 5.75 Å². The van der Waals surface area contributed by atoms with Gasteiger partial charge in [-0.1, -0.05) is 34.1 Å². The molecule has 0 saturated carbocycles. The van der Waals surface area contributed by atoms with Crippen molar-refractivity contribution in [2.75, 3.05) is 19.0 Å². The van der Waals surface area contributed by atoms with E-state index < -0.39 is 0 Å². The molecule has 0 spiro atoms. The lowest BCUT2D eigenvalue weighted by Gasteiger charge is -2.17. The maximum absolute atomic E-state index is 12.5. The van der Waals surface area contributed by atoms with E-state index in [9.17, 15) is 9.59 Å². The molecule has 2 aromatic rings. The smallest absolute Gasteiger partial charge is 0.229 e. The third-order valence-corrected chi connectivity index (χ3v) is 4.68. The minimum Gasteiger partial charge on any atom is -0.497 e. The van der Waals surface area contributed by atoms with E-state index in [1.54, 1.807) is 24.1 Å². The summed E-state index contributed by atoms with van der Waals surface area (Å²) in [5.74, 6) is 0.201. The summed E-state index contributed by atoms with van der Waals surface area (Å²) in [6.07, 6.45) is 0.240. The van der Waals surface area contributed by atoms with Gasteiger partial charge in [-0.2, -0.15) is 0 Å². The molecule has 25 heavy (non-hydrogen) atoms. The largest absolute Gasteiger partial charge is 0.497 e. The number of hydrogen-bond acceptors (Lipinski definition) is 3. The number of halogens is 1. The zero-order chi connectivity index (χ0) is 17.8. The number of amides is 2. The number of nitrogens with one attached hydrogen (secondary N) is 1. The van der Waals surface area contributed by atoms with Gasteiger partial charge in [0.25, 0.3) is 0 Å². The highest BCUT2D eigenvalue weighted by Crippen LogP contribution is 2.24. The third kappa shape index (κ3) is 4.39. The molecule has 1 N–H and O–H groups in total. The van der Waals surface area contributed by atoms with Gasteiger partial charge in [-0.3, -0.25) is 9.59 Å². The third-order valence-electron chi connectivity index (χ3n) is 4.19. The molecule has 1 fully saturated rings. The Bertz CT molecular complexity index is 794. The SMILES string of the molecule is COc1cccc(NC(=O)C2CC(=O)N(Cc3cccc(Br)c3)C2)c1. The summed E-state index contributed by atoms with van der Waals surface area (Å²) in [7, 11) is 1.58. The number of nitrogens with zero attached hydrogens (tertiary/aromatic N) is 1. The molecular weight excluding hydrogens is 384 g/mol. The van der Waals surface area contributed by atoms with Crippen LogP contribution in [0.3, 0.4) is 0 Å². The van der Waals surface area contributed by atoms with Gasteiger partial charge in [-0.15, -0.1) is 0 Å². The lowest BCUT2D eigenvalue weighted by atomic mass is 10.1. The number of carbonyl (C=O) groups is 2. The Morgan fingerprint density at radius 3 is 2.84 bits per heavy atom. The van der Waals surface area contributed by atoms with Gasteiger partial charge in [0.2, 0.25) is 11.8 Å². The van der Waals surface area contributed by atoms with Crippen LogP contribution in [0.4, 0.5) is 5.69 Å². The van der Waals surface area contributed by atoms with Crippen LogP contribution in [-0.2, 0) is 16.1 Å². The van der Waals surface area contributed by atoms with Gasteiger partial charge < -0.3 is 15.0 Å². The van der Waals surface area contributed by atoms with Crippen LogP contribution in [0.2, 0.25) is 0 Å². The molecule has 1 heterocycles. The Labute approximate surface area is 155 Å². The molecular formula is C19H19BrN2O3. The number of hydrogen-bond donors (Lipinski definition) is 1. The molecule has 1 unspecified atom stereocenters. The fraction of sp³-hybridized carbons (Fsp3) is 0.263. The number of rotatable bonds is 5. The van der Waals surface area contributed by atoms with Crippen LogP contribution in [0.25, 0.3) is 0 Å². The number of carbonyl (C=O) groups excluding carboxylic acids is 2. The molecule has 1 atom stereocenters. The molecule has 2 amide bonds. The first-order chi connectivity index (χ1) is 12.0. The van der Waals surface area contributed by atoms with Crippen molar-refractivity contribution in [1.82, 2.24) is 4.90 Å². The lowest BCUT2D eigenvalue weighted by molar-refractivity contribution is -0.128. The van der Waals surface area contributed by atoms with Gasteiger partial charge in [0.05, 0.1) is 13.0 Å². The number of anilines is 1. The Morgan fingerprint density at radius 2 is 2.08 bits per heavy atom. The number of ether oxygens (including phenoxy) is 1. The van der Waals surface area contributed by atoms with Crippen LogP contribution in [0.1, 0.15) is 12.0 Å². The minimum atomic E-state index is -0.342. The fourth-order valence-electron chi connectivity index (χ4n) is 2.90. The van der Waals surface area contributed by atoms with Crippen molar-refractivity contribution in [3.63, 3.8) is 0 Å². The molecule has 130 valence electrons. The molecule has 1 saturated heterocycles. The Kier molecular flexibility index (Phi) is 5.38. The van der Waals surface area contributed by atoms with E-state index in [1.165, 1.54) is 0 Å². The number of benzene rings is 2. The average molecular weight is 403 g/mol. The number of likely N-dealkylation sites (tertiary alicyclic amines) is 1. The van der Waals surface area contributed by atoms with Crippen LogP contribution in [0.15, 0.2) is 53.0 Å². The Hall–Kier alpha value is -2.34. The normalized spacial score (nSPS) is 16.8. The Morgan fingerprint density at radius 1 is 1.28 bits per heavy atom. The van der Waals surface area contributed by atoms with Crippen LogP contribution in [0, 0.1) is 5.92 Å². The van der Waals surface area contributed by atoms with E-state index in [0.29, 0.717) is 24.5 Å². The van der Waals surface area contributed by atoms with E-state index in [2.05, 4.69) is 21.2 Å².